The van der Waals surface area contributed by atoms with Gasteiger partial charge in [-0.3, -0.25) is 4.79 Å². The van der Waals surface area contributed by atoms with Crippen LogP contribution < -0.4 is 10.1 Å². The molecule has 0 saturated carbocycles. The topological polar surface area (TPSA) is 84.3 Å². The molecule has 0 spiro atoms. The molecule has 6 heteroatoms. The third-order valence-electron chi connectivity index (χ3n) is 2.71. The van der Waals surface area contributed by atoms with Gasteiger partial charge in [0, 0.05) is 19.0 Å². The van der Waals surface area contributed by atoms with Crippen LogP contribution in [-0.4, -0.2) is 34.2 Å². The summed E-state index contributed by atoms with van der Waals surface area (Å²) >= 11 is 0. The maximum absolute atomic E-state index is 10.7. The van der Waals surface area contributed by atoms with Gasteiger partial charge >= 0.3 is 5.97 Å². The van der Waals surface area contributed by atoms with Crippen molar-refractivity contribution in [2.75, 3.05) is 18.5 Å². The molecule has 0 aromatic carbocycles. The van der Waals surface area contributed by atoms with Gasteiger partial charge in [-0.25, -0.2) is 9.97 Å². The van der Waals surface area contributed by atoms with Crippen LogP contribution in [0, 0.1) is 5.92 Å². The van der Waals surface area contributed by atoms with Gasteiger partial charge in [-0.05, 0) is 12.3 Å². The van der Waals surface area contributed by atoms with Crippen molar-refractivity contribution < 1.29 is 14.6 Å². The fourth-order valence-electron chi connectivity index (χ4n) is 1.58. The Morgan fingerprint density at radius 3 is 2.89 bits per heavy atom. The van der Waals surface area contributed by atoms with Gasteiger partial charge in [-0.1, -0.05) is 20.3 Å². The minimum absolute atomic E-state index is 0.0903. The van der Waals surface area contributed by atoms with Gasteiger partial charge in [0.2, 0.25) is 5.88 Å². The Balaban J connectivity index is 2.49. The summed E-state index contributed by atoms with van der Waals surface area (Å²) in [7, 11) is 0. The fraction of sp³-hybridized carbons (Fsp3) is 0.615. The van der Waals surface area contributed by atoms with Crippen molar-refractivity contribution in [3.63, 3.8) is 0 Å². The molecule has 6 nitrogen and oxygen atoms in total. The molecule has 106 valence electrons. The number of aromatic nitrogens is 2. The van der Waals surface area contributed by atoms with Gasteiger partial charge in [0.25, 0.3) is 0 Å². The number of aliphatic carboxylic acids is 1. The van der Waals surface area contributed by atoms with Crippen molar-refractivity contribution >= 4 is 11.8 Å². The van der Waals surface area contributed by atoms with E-state index < -0.39 is 5.97 Å². The lowest BCUT2D eigenvalue weighted by atomic mass is 10.0. The first-order valence-corrected chi connectivity index (χ1v) is 6.56. The molecule has 0 amide bonds. The molecule has 1 unspecified atom stereocenters. The van der Waals surface area contributed by atoms with E-state index in [-0.39, 0.29) is 12.3 Å². The third kappa shape index (κ3) is 6.03. The van der Waals surface area contributed by atoms with Gasteiger partial charge in [0.1, 0.15) is 12.1 Å². The van der Waals surface area contributed by atoms with E-state index in [1.807, 2.05) is 13.8 Å². The molecule has 0 aliphatic heterocycles. The van der Waals surface area contributed by atoms with Gasteiger partial charge in [0.05, 0.1) is 6.61 Å². The smallest absolute Gasteiger partial charge is 0.303 e. The van der Waals surface area contributed by atoms with Crippen molar-refractivity contribution in [3.05, 3.63) is 12.4 Å². The van der Waals surface area contributed by atoms with Gasteiger partial charge < -0.3 is 15.2 Å². The summed E-state index contributed by atoms with van der Waals surface area (Å²) < 4.78 is 5.41. The highest BCUT2D eigenvalue weighted by Crippen LogP contribution is 2.14. The normalized spacial score (nSPS) is 11.9. The van der Waals surface area contributed by atoms with Crippen LogP contribution in [0.2, 0.25) is 0 Å². The Labute approximate surface area is 113 Å². The molecular weight excluding hydrogens is 246 g/mol. The van der Waals surface area contributed by atoms with Crippen molar-refractivity contribution in [1.29, 1.82) is 0 Å². The Hall–Kier alpha value is -1.85. The van der Waals surface area contributed by atoms with E-state index in [0.717, 1.165) is 12.8 Å². The molecule has 1 atom stereocenters. The molecule has 19 heavy (non-hydrogen) atoms. The lowest BCUT2D eigenvalue weighted by Crippen LogP contribution is -2.17. The number of hydrogen-bond donors (Lipinski definition) is 2. The standard InChI is InChI=1S/C13H21N3O3/c1-3-5-19-12-7-11(15-9-16-12)14-8-10(4-2)6-13(17)18/h7,9-10H,3-6,8H2,1-2H3,(H,17,18)(H,14,15,16). The van der Waals surface area contributed by atoms with E-state index in [9.17, 15) is 4.79 Å². The second kappa shape index (κ2) is 8.29. The molecular formula is C13H21N3O3. The predicted molar refractivity (Wildman–Crippen MR) is 72.3 cm³/mol. The Kier molecular flexibility index (Phi) is 6.63. The summed E-state index contributed by atoms with van der Waals surface area (Å²) in [6.45, 7) is 5.20. The number of carboxylic acids is 1. The Bertz CT molecular complexity index is 398. The zero-order valence-corrected chi connectivity index (χ0v) is 11.4. The van der Waals surface area contributed by atoms with E-state index in [1.165, 1.54) is 6.33 Å². The van der Waals surface area contributed by atoms with E-state index in [0.29, 0.717) is 24.8 Å². The molecule has 2 N–H and O–H groups in total. The molecule has 1 rings (SSSR count). The zero-order chi connectivity index (χ0) is 14.1. The van der Waals surface area contributed by atoms with Gasteiger partial charge in [0.15, 0.2) is 0 Å². The minimum Gasteiger partial charge on any atom is -0.481 e. The number of nitrogens with one attached hydrogen (secondary N) is 1. The van der Waals surface area contributed by atoms with Crippen LogP contribution in [0.25, 0.3) is 0 Å². The number of carbonyl (C=O) groups is 1. The highest BCUT2D eigenvalue weighted by molar-refractivity contribution is 5.67. The summed E-state index contributed by atoms with van der Waals surface area (Å²) in [6.07, 6.45) is 3.33. The number of rotatable bonds is 9. The first-order valence-electron chi connectivity index (χ1n) is 6.56. The van der Waals surface area contributed by atoms with Crippen molar-refractivity contribution in [2.24, 2.45) is 5.92 Å². The predicted octanol–water partition coefficient (Wildman–Crippen LogP) is 2.18. The van der Waals surface area contributed by atoms with Crippen LogP contribution in [-0.2, 0) is 4.79 Å². The van der Waals surface area contributed by atoms with Crippen molar-refractivity contribution in [1.82, 2.24) is 9.97 Å². The van der Waals surface area contributed by atoms with Crippen molar-refractivity contribution in [2.45, 2.75) is 33.1 Å². The Morgan fingerprint density at radius 2 is 2.26 bits per heavy atom. The maximum Gasteiger partial charge on any atom is 0.303 e. The lowest BCUT2D eigenvalue weighted by molar-refractivity contribution is -0.138. The van der Waals surface area contributed by atoms with Crippen LogP contribution in [0.1, 0.15) is 33.1 Å². The van der Waals surface area contributed by atoms with Crippen LogP contribution in [0.4, 0.5) is 5.82 Å². The van der Waals surface area contributed by atoms with Gasteiger partial charge in [-0.15, -0.1) is 0 Å². The summed E-state index contributed by atoms with van der Waals surface area (Å²) in [6, 6.07) is 1.73. The first kappa shape index (κ1) is 15.2. The number of nitrogens with zero attached hydrogens (tertiary/aromatic N) is 2. The average Bonchev–Trinajstić information content (AvgIpc) is 2.41. The van der Waals surface area contributed by atoms with E-state index >= 15 is 0 Å². The molecule has 1 heterocycles. The maximum atomic E-state index is 10.7. The van der Waals surface area contributed by atoms with Crippen LogP contribution in [0.15, 0.2) is 12.4 Å². The summed E-state index contributed by atoms with van der Waals surface area (Å²) in [4.78, 5) is 18.8. The summed E-state index contributed by atoms with van der Waals surface area (Å²) in [5.74, 6) is 0.506. The van der Waals surface area contributed by atoms with E-state index in [1.54, 1.807) is 6.07 Å². The van der Waals surface area contributed by atoms with Crippen LogP contribution >= 0.6 is 0 Å². The quantitative estimate of drug-likeness (QED) is 0.713. The Morgan fingerprint density at radius 1 is 1.47 bits per heavy atom. The van der Waals surface area contributed by atoms with Gasteiger partial charge in [-0.2, -0.15) is 0 Å². The second-order valence-corrected chi connectivity index (χ2v) is 4.34. The van der Waals surface area contributed by atoms with E-state index in [4.69, 9.17) is 9.84 Å². The molecule has 0 aliphatic rings. The molecule has 1 aromatic heterocycles. The number of anilines is 1. The summed E-state index contributed by atoms with van der Waals surface area (Å²) in [5, 5.41) is 11.9. The molecule has 1 aromatic rings. The molecule has 0 aliphatic carbocycles. The number of hydrogen-bond acceptors (Lipinski definition) is 5. The third-order valence-corrected chi connectivity index (χ3v) is 2.71. The minimum atomic E-state index is -0.775. The van der Waals surface area contributed by atoms with Crippen LogP contribution in [0.5, 0.6) is 5.88 Å². The molecule has 0 fully saturated rings. The van der Waals surface area contributed by atoms with Crippen molar-refractivity contribution in [3.8, 4) is 5.88 Å². The monoisotopic (exact) mass is 267 g/mol. The largest absolute Gasteiger partial charge is 0.481 e. The van der Waals surface area contributed by atoms with Crippen LogP contribution in [0.3, 0.4) is 0 Å². The highest BCUT2D eigenvalue weighted by atomic mass is 16.5. The average molecular weight is 267 g/mol. The zero-order valence-electron chi connectivity index (χ0n) is 11.4. The number of ether oxygens (including phenoxy) is 1. The first-order chi connectivity index (χ1) is 9.15. The summed E-state index contributed by atoms with van der Waals surface area (Å²) in [5.41, 5.74) is 0. The SMILES string of the molecule is CCCOc1cc(NCC(CC)CC(=O)O)ncn1. The molecule has 0 bridgehead atoms. The number of carboxylic acid groups (broad SMARTS) is 1. The lowest BCUT2D eigenvalue weighted by Gasteiger charge is -2.14. The second-order valence-electron chi connectivity index (χ2n) is 4.34. The van der Waals surface area contributed by atoms with E-state index in [2.05, 4.69) is 15.3 Å². The highest BCUT2D eigenvalue weighted by Gasteiger charge is 2.11. The molecule has 0 saturated heterocycles. The molecule has 0 radical (unpaired) electrons. The fourth-order valence-corrected chi connectivity index (χ4v) is 1.58.